The number of carbonyl (C=O) groups is 3. The summed E-state index contributed by atoms with van der Waals surface area (Å²) in [6, 6.07) is 5.10. The van der Waals surface area contributed by atoms with E-state index in [9.17, 15) is 14.4 Å². The van der Waals surface area contributed by atoms with Gasteiger partial charge in [-0.15, -0.1) is 0 Å². The first-order chi connectivity index (χ1) is 13.9. The standard InChI is InChI=1S/C21H21ClN2O5/c1-23-17-7-6-13(22)11-15(17)19(20(23)26)16(21(27)29-3)12-14-5-4-9-24(14)10-8-18(25)28-2/h6-8,10-12H,4-5,9H2,1-3H3/b10-8+,14-12+,19-16+. The number of likely N-dealkylation sites (tertiary alicyclic amines) is 1. The maximum absolute atomic E-state index is 12.9. The molecule has 2 heterocycles. The van der Waals surface area contributed by atoms with Gasteiger partial charge in [0.05, 0.1) is 31.1 Å². The zero-order chi connectivity index (χ0) is 21.1. The van der Waals surface area contributed by atoms with Crippen molar-refractivity contribution in [1.29, 1.82) is 0 Å². The quantitative estimate of drug-likeness (QED) is 0.555. The second kappa shape index (κ2) is 8.53. The van der Waals surface area contributed by atoms with Crippen molar-refractivity contribution in [2.45, 2.75) is 12.8 Å². The molecule has 1 aromatic rings. The van der Waals surface area contributed by atoms with Crippen molar-refractivity contribution in [3.63, 3.8) is 0 Å². The molecule has 1 fully saturated rings. The summed E-state index contributed by atoms with van der Waals surface area (Å²) in [5.41, 5.74) is 2.44. The van der Waals surface area contributed by atoms with Crippen molar-refractivity contribution in [2.75, 3.05) is 32.7 Å². The minimum atomic E-state index is -0.620. The average Bonchev–Trinajstić information content (AvgIpc) is 3.26. The van der Waals surface area contributed by atoms with Gasteiger partial charge in [0, 0.05) is 42.2 Å². The third-order valence-corrected chi connectivity index (χ3v) is 5.12. The monoisotopic (exact) mass is 416 g/mol. The summed E-state index contributed by atoms with van der Waals surface area (Å²) >= 11 is 6.14. The molecular formula is C21H21ClN2O5. The topological polar surface area (TPSA) is 76.1 Å². The van der Waals surface area contributed by atoms with E-state index < -0.39 is 11.9 Å². The number of nitrogens with zero attached hydrogens (tertiary/aromatic N) is 2. The maximum Gasteiger partial charge on any atom is 0.338 e. The molecule has 0 N–H and O–H groups in total. The van der Waals surface area contributed by atoms with Gasteiger partial charge in [-0.25, -0.2) is 9.59 Å². The molecular weight excluding hydrogens is 396 g/mol. The number of likely N-dealkylation sites (N-methyl/N-ethyl adjacent to an activating group) is 1. The van der Waals surface area contributed by atoms with Crippen molar-refractivity contribution in [3.8, 4) is 0 Å². The Bertz CT molecular complexity index is 964. The van der Waals surface area contributed by atoms with Gasteiger partial charge < -0.3 is 19.3 Å². The van der Waals surface area contributed by atoms with Gasteiger partial charge in [-0.1, -0.05) is 11.6 Å². The van der Waals surface area contributed by atoms with E-state index >= 15 is 0 Å². The van der Waals surface area contributed by atoms with E-state index in [2.05, 4.69) is 4.74 Å². The number of methoxy groups -OCH3 is 2. The summed E-state index contributed by atoms with van der Waals surface area (Å²) in [7, 11) is 4.22. The van der Waals surface area contributed by atoms with E-state index in [1.807, 2.05) is 4.90 Å². The van der Waals surface area contributed by atoms with Crippen molar-refractivity contribution in [2.24, 2.45) is 0 Å². The van der Waals surface area contributed by atoms with Gasteiger partial charge in [-0.05, 0) is 37.1 Å². The molecule has 1 aromatic carbocycles. The van der Waals surface area contributed by atoms with Crippen molar-refractivity contribution in [3.05, 3.63) is 58.4 Å². The van der Waals surface area contributed by atoms with Gasteiger partial charge in [0.25, 0.3) is 5.91 Å². The number of hydrogen-bond acceptors (Lipinski definition) is 6. The fourth-order valence-corrected chi connectivity index (χ4v) is 3.60. The second-order valence-corrected chi connectivity index (χ2v) is 7.01. The summed E-state index contributed by atoms with van der Waals surface area (Å²) in [6.07, 6.45) is 6.10. The van der Waals surface area contributed by atoms with Gasteiger partial charge in [0.2, 0.25) is 0 Å². The van der Waals surface area contributed by atoms with Crippen LogP contribution in [0.4, 0.5) is 5.69 Å². The Labute approximate surface area is 173 Å². The lowest BCUT2D eigenvalue weighted by atomic mass is 9.99. The van der Waals surface area contributed by atoms with E-state index in [-0.39, 0.29) is 17.1 Å². The van der Waals surface area contributed by atoms with Crippen LogP contribution in [0.25, 0.3) is 5.57 Å². The van der Waals surface area contributed by atoms with E-state index in [0.29, 0.717) is 29.2 Å². The normalized spacial score (nSPS) is 19.2. The van der Waals surface area contributed by atoms with Crippen LogP contribution < -0.4 is 4.90 Å². The van der Waals surface area contributed by atoms with Crippen molar-refractivity contribution < 1.29 is 23.9 Å². The first-order valence-electron chi connectivity index (χ1n) is 9.01. The average molecular weight is 417 g/mol. The Morgan fingerprint density at radius 3 is 2.66 bits per heavy atom. The summed E-state index contributed by atoms with van der Waals surface area (Å²) in [4.78, 5) is 40.3. The Hall–Kier alpha value is -3.06. The number of anilines is 1. The Balaban J connectivity index is 2.12. The fourth-order valence-electron chi connectivity index (χ4n) is 3.43. The summed E-state index contributed by atoms with van der Waals surface area (Å²) in [6.45, 7) is 0.680. The lowest BCUT2D eigenvalue weighted by molar-refractivity contribution is -0.136. The molecule has 0 radical (unpaired) electrons. The number of amides is 1. The van der Waals surface area contributed by atoms with Crippen LogP contribution in [-0.4, -0.2) is 50.6 Å². The SMILES string of the molecule is COC(=O)/C=C/N1CCC/C1=C\C(C(=O)OC)=C1/C(=O)N(C)c2ccc(Cl)cc21. The highest BCUT2D eigenvalue weighted by Crippen LogP contribution is 2.40. The molecule has 152 valence electrons. The number of rotatable bonds is 4. The highest BCUT2D eigenvalue weighted by molar-refractivity contribution is 6.37. The molecule has 0 unspecified atom stereocenters. The number of fused-ring (bicyclic) bond motifs is 1. The summed E-state index contributed by atoms with van der Waals surface area (Å²) in [5.74, 6) is -1.40. The predicted molar refractivity (Wildman–Crippen MR) is 109 cm³/mol. The Morgan fingerprint density at radius 2 is 1.97 bits per heavy atom. The number of carbonyl (C=O) groups excluding carboxylic acids is 3. The third-order valence-electron chi connectivity index (χ3n) is 4.89. The van der Waals surface area contributed by atoms with Crippen LogP contribution in [0.1, 0.15) is 18.4 Å². The second-order valence-electron chi connectivity index (χ2n) is 6.58. The molecule has 0 saturated carbocycles. The minimum absolute atomic E-state index is 0.152. The number of hydrogen-bond donors (Lipinski definition) is 0. The van der Waals surface area contributed by atoms with Crippen LogP contribution in [0.5, 0.6) is 0 Å². The van der Waals surface area contributed by atoms with Crippen molar-refractivity contribution in [1.82, 2.24) is 4.90 Å². The molecule has 8 heteroatoms. The van der Waals surface area contributed by atoms with Crippen LogP contribution in [0.2, 0.25) is 5.02 Å². The fraction of sp³-hybridized carbons (Fsp3) is 0.286. The van der Waals surface area contributed by atoms with Crippen LogP contribution in [0.15, 0.2) is 47.8 Å². The lowest BCUT2D eigenvalue weighted by Gasteiger charge is -2.15. The van der Waals surface area contributed by atoms with Gasteiger partial charge in [0.15, 0.2) is 0 Å². The van der Waals surface area contributed by atoms with Crippen LogP contribution in [0, 0.1) is 0 Å². The zero-order valence-electron chi connectivity index (χ0n) is 16.4. The molecule has 2 aliphatic heterocycles. The number of allylic oxidation sites excluding steroid dienone is 1. The van der Waals surface area contributed by atoms with Gasteiger partial charge in [0.1, 0.15) is 0 Å². The molecule has 7 nitrogen and oxygen atoms in total. The van der Waals surface area contributed by atoms with Gasteiger partial charge in [-0.2, -0.15) is 0 Å². The summed E-state index contributed by atoms with van der Waals surface area (Å²) in [5, 5.41) is 0.463. The summed E-state index contributed by atoms with van der Waals surface area (Å²) < 4.78 is 9.58. The molecule has 2 aliphatic rings. The van der Waals surface area contributed by atoms with Crippen LogP contribution in [0.3, 0.4) is 0 Å². The van der Waals surface area contributed by atoms with E-state index in [1.165, 1.54) is 25.2 Å². The highest BCUT2D eigenvalue weighted by Gasteiger charge is 2.34. The lowest BCUT2D eigenvalue weighted by Crippen LogP contribution is -2.22. The van der Waals surface area contributed by atoms with E-state index in [1.54, 1.807) is 37.5 Å². The molecule has 1 amide bonds. The molecule has 0 aliphatic carbocycles. The van der Waals surface area contributed by atoms with Crippen LogP contribution in [-0.2, 0) is 23.9 Å². The number of benzene rings is 1. The first-order valence-corrected chi connectivity index (χ1v) is 9.39. The predicted octanol–water partition coefficient (Wildman–Crippen LogP) is 2.91. The molecule has 1 saturated heterocycles. The Morgan fingerprint density at radius 1 is 1.21 bits per heavy atom. The van der Waals surface area contributed by atoms with E-state index in [4.69, 9.17) is 16.3 Å². The number of halogens is 1. The minimum Gasteiger partial charge on any atom is -0.466 e. The van der Waals surface area contributed by atoms with Crippen LogP contribution >= 0.6 is 11.6 Å². The van der Waals surface area contributed by atoms with E-state index in [0.717, 1.165) is 12.1 Å². The van der Waals surface area contributed by atoms with Crippen molar-refractivity contribution >= 4 is 40.7 Å². The third kappa shape index (κ3) is 4.05. The number of esters is 2. The molecule has 0 aromatic heterocycles. The molecule has 0 bridgehead atoms. The van der Waals surface area contributed by atoms with Gasteiger partial charge in [-0.3, -0.25) is 4.79 Å². The van der Waals surface area contributed by atoms with Gasteiger partial charge >= 0.3 is 11.9 Å². The molecule has 0 spiro atoms. The highest BCUT2D eigenvalue weighted by atomic mass is 35.5. The smallest absolute Gasteiger partial charge is 0.338 e. The zero-order valence-corrected chi connectivity index (χ0v) is 17.2. The largest absolute Gasteiger partial charge is 0.466 e. The molecule has 3 rings (SSSR count). The molecule has 0 atom stereocenters. The first kappa shape index (κ1) is 20.7. The maximum atomic E-state index is 12.9. The molecule has 29 heavy (non-hydrogen) atoms. The Kier molecular flexibility index (Phi) is 6.08. The number of ether oxygens (including phenoxy) is 2.